The zero-order valence-corrected chi connectivity index (χ0v) is 16.1. The van der Waals surface area contributed by atoms with Crippen molar-refractivity contribution in [1.82, 2.24) is 5.32 Å². The lowest BCUT2D eigenvalue weighted by atomic mass is 10.1. The molecule has 2 aromatic rings. The van der Waals surface area contributed by atoms with Gasteiger partial charge in [-0.2, -0.15) is 11.8 Å². The number of amides is 2. The fourth-order valence-electron chi connectivity index (χ4n) is 2.34. The second kappa shape index (κ2) is 10.7. The van der Waals surface area contributed by atoms with Crippen molar-refractivity contribution in [1.29, 1.82) is 0 Å². The van der Waals surface area contributed by atoms with Crippen LogP contribution >= 0.6 is 11.8 Å². The van der Waals surface area contributed by atoms with Gasteiger partial charge in [0.25, 0.3) is 5.91 Å². The van der Waals surface area contributed by atoms with Gasteiger partial charge in [-0.25, -0.2) is 0 Å². The summed E-state index contributed by atoms with van der Waals surface area (Å²) < 4.78 is 0. The van der Waals surface area contributed by atoms with Gasteiger partial charge in [-0.05, 0) is 31.0 Å². The van der Waals surface area contributed by atoms with Crippen LogP contribution < -0.4 is 10.6 Å². The van der Waals surface area contributed by atoms with Crippen LogP contribution in [0.1, 0.15) is 42.6 Å². The first kappa shape index (κ1) is 20.0. The summed E-state index contributed by atoms with van der Waals surface area (Å²) in [4.78, 5) is 24.6. The summed E-state index contributed by atoms with van der Waals surface area (Å²) in [6.45, 7) is 3.98. The van der Waals surface area contributed by atoms with Crippen molar-refractivity contribution in [3.8, 4) is 0 Å². The summed E-state index contributed by atoms with van der Waals surface area (Å²) in [5.74, 6) is 1.40. The Morgan fingerprint density at radius 3 is 2.46 bits per heavy atom. The van der Waals surface area contributed by atoms with Crippen LogP contribution in [-0.4, -0.2) is 23.6 Å². The van der Waals surface area contributed by atoms with Gasteiger partial charge in [-0.3, -0.25) is 9.59 Å². The molecule has 0 heterocycles. The van der Waals surface area contributed by atoms with E-state index in [4.69, 9.17) is 0 Å². The first-order valence-electron chi connectivity index (χ1n) is 8.91. The van der Waals surface area contributed by atoms with Crippen molar-refractivity contribution >= 4 is 29.3 Å². The Hall–Kier alpha value is -2.27. The molecule has 0 aromatic heterocycles. The molecule has 26 heavy (non-hydrogen) atoms. The molecule has 0 radical (unpaired) electrons. The molecule has 0 saturated carbocycles. The molecule has 1 atom stereocenters. The molecule has 2 aromatic carbocycles. The Bertz CT molecular complexity index is 719. The van der Waals surface area contributed by atoms with Crippen molar-refractivity contribution in [3.05, 3.63) is 65.7 Å². The Morgan fingerprint density at radius 1 is 1.04 bits per heavy atom. The molecule has 0 aliphatic heterocycles. The van der Waals surface area contributed by atoms with E-state index < -0.39 is 0 Å². The highest BCUT2D eigenvalue weighted by Crippen LogP contribution is 2.17. The number of nitrogens with one attached hydrogen (secondary N) is 2. The summed E-state index contributed by atoms with van der Waals surface area (Å²) in [7, 11) is 0. The molecule has 0 spiro atoms. The monoisotopic (exact) mass is 370 g/mol. The molecule has 1 unspecified atom stereocenters. The first-order valence-corrected chi connectivity index (χ1v) is 10.1. The fourth-order valence-corrected chi connectivity index (χ4v) is 3.24. The number of para-hydroxylation sites is 1. The summed E-state index contributed by atoms with van der Waals surface area (Å²) in [6, 6.07) is 17.4. The fraction of sp³-hybridized carbons (Fsp3) is 0.333. The van der Waals surface area contributed by atoms with Crippen molar-refractivity contribution in [2.24, 2.45) is 0 Å². The molecular formula is C21H26N2O2S. The SMILES string of the molecule is CCC(C)NC(=O)c1ccccc1NC(=O)CCSCc1ccccc1. The molecule has 2 rings (SSSR count). The van der Waals surface area contributed by atoms with Crippen LogP contribution in [0.15, 0.2) is 54.6 Å². The van der Waals surface area contributed by atoms with E-state index in [0.29, 0.717) is 17.7 Å². The van der Waals surface area contributed by atoms with Crippen molar-refractivity contribution in [3.63, 3.8) is 0 Å². The Morgan fingerprint density at radius 2 is 1.73 bits per heavy atom. The van der Waals surface area contributed by atoms with Crippen LogP contribution in [-0.2, 0) is 10.5 Å². The number of thioether (sulfide) groups is 1. The Balaban J connectivity index is 1.84. The van der Waals surface area contributed by atoms with Gasteiger partial charge in [0.15, 0.2) is 0 Å². The molecule has 0 bridgehead atoms. The standard InChI is InChI=1S/C21H26N2O2S/c1-3-16(2)22-21(25)18-11-7-8-12-19(18)23-20(24)13-14-26-15-17-9-5-4-6-10-17/h4-12,16H,3,13-15H2,1-2H3,(H,22,25)(H,23,24). The van der Waals surface area contributed by atoms with E-state index in [1.807, 2.05) is 38.1 Å². The van der Waals surface area contributed by atoms with Crippen LogP contribution in [0.25, 0.3) is 0 Å². The summed E-state index contributed by atoms with van der Waals surface area (Å²) in [5.41, 5.74) is 2.31. The van der Waals surface area contributed by atoms with Gasteiger partial charge in [-0.15, -0.1) is 0 Å². The highest BCUT2D eigenvalue weighted by molar-refractivity contribution is 7.98. The van der Waals surface area contributed by atoms with Crippen LogP contribution in [0.2, 0.25) is 0 Å². The van der Waals surface area contributed by atoms with E-state index in [1.54, 1.807) is 30.0 Å². The van der Waals surface area contributed by atoms with E-state index in [1.165, 1.54) is 5.56 Å². The maximum absolute atomic E-state index is 12.4. The topological polar surface area (TPSA) is 58.2 Å². The molecule has 0 aliphatic carbocycles. The van der Waals surface area contributed by atoms with Gasteiger partial charge in [0.05, 0.1) is 11.3 Å². The molecule has 0 saturated heterocycles. The number of anilines is 1. The highest BCUT2D eigenvalue weighted by Gasteiger charge is 2.14. The average molecular weight is 371 g/mol. The maximum atomic E-state index is 12.4. The predicted octanol–water partition coefficient (Wildman–Crippen LogP) is 4.48. The van der Waals surface area contributed by atoms with Crippen LogP contribution in [0, 0.1) is 0 Å². The van der Waals surface area contributed by atoms with Gasteiger partial charge in [0.2, 0.25) is 5.91 Å². The lowest BCUT2D eigenvalue weighted by Gasteiger charge is -2.14. The molecule has 2 amide bonds. The number of carbonyl (C=O) groups is 2. The van der Waals surface area contributed by atoms with E-state index >= 15 is 0 Å². The summed E-state index contributed by atoms with van der Waals surface area (Å²) in [5, 5.41) is 5.80. The minimum absolute atomic E-state index is 0.0747. The van der Waals surface area contributed by atoms with E-state index in [0.717, 1.165) is 17.9 Å². The third-order valence-corrected chi connectivity index (χ3v) is 5.05. The minimum Gasteiger partial charge on any atom is -0.350 e. The molecule has 4 nitrogen and oxygen atoms in total. The number of hydrogen-bond acceptors (Lipinski definition) is 3. The van der Waals surface area contributed by atoms with Gasteiger partial charge in [-0.1, -0.05) is 49.4 Å². The second-order valence-electron chi connectivity index (χ2n) is 6.16. The molecule has 2 N–H and O–H groups in total. The van der Waals surface area contributed by atoms with Crippen molar-refractivity contribution < 1.29 is 9.59 Å². The van der Waals surface area contributed by atoms with Crippen LogP contribution in [0.5, 0.6) is 0 Å². The third kappa shape index (κ3) is 6.56. The number of hydrogen-bond donors (Lipinski definition) is 2. The molecule has 138 valence electrons. The van der Waals surface area contributed by atoms with Gasteiger partial charge in [0.1, 0.15) is 0 Å². The first-order chi connectivity index (χ1) is 12.6. The summed E-state index contributed by atoms with van der Waals surface area (Å²) >= 11 is 1.73. The van der Waals surface area contributed by atoms with Crippen molar-refractivity contribution in [2.45, 2.75) is 38.5 Å². The summed E-state index contributed by atoms with van der Waals surface area (Å²) in [6.07, 6.45) is 1.28. The Kier molecular flexibility index (Phi) is 8.22. The predicted molar refractivity (Wildman–Crippen MR) is 110 cm³/mol. The zero-order chi connectivity index (χ0) is 18.8. The normalized spacial score (nSPS) is 11.6. The van der Waals surface area contributed by atoms with Crippen LogP contribution in [0.3, 0.4) is 0 Å². The van der Waals surface area contributed by atoms with Crippen molar-refractivity contribution in [2.75, 3.05) is 11.1 Å². The quantitative estimate of drug-likeness (QED) is 0.640. The maximum Gasteiger partial charge on any atom is 0.253 e. The largest absolute Gasteiger partial charge is 0.350 e. The second-order valence-corrected chi connectivity index (χ2v) is 7.27. The third-order valence-electron chi connectivity index (χ3n) is 4.02. The lowest BCUT2D eigenvalue weighted by molar-refractivity contribution is -0.115. The minimum atomic E-state index is -0.159. The molecular weight excluding hydrogens is 344 g/mol. The lowest BCUT2D eigenvalue weighted by Crippen LogP contribution is -2.32. The molecule has 0 aliphatic rings. The van der Waals surface area contributed by atoms with Gasteiger partial charge >= 0.3 is 0 Å². The zero-order valence-electron chi connectivity index (χ0n) is 15.3. The molecule has 5 heteroatoms. The number of benzene rings is 2. The van der Waals surface area contributed by atoms with E-state index in [-0.39, 0.29) is 17.9 Å². The number of rotatable bonds is 9. The van der Waals surface area contributed by atoms with E-state index in [2.05, 4.69) is 22.8 Å². The van der Waals surface area contributed by atoms with Crippen LogP contribution in [0.4, 0.5) is 5.69 Å². The van der Waals surface area contributed by atoms with Gasteiger partial charge < -0.3 is 10.6 Å². The smallest absolute Gasteiger partial charge is 0.253 e. The molecule has 0 fully saturated rings. The average Bonchev–Trinajstić information content (AvgIpc) is 2.66. The van der Waals surface area contributed by atoms with Gasteiger partial charge in [0, 0.05) is 24.0 Å². The Labute approximate surface area is 159 Å². The van der Waals surface area contributed by atoms with E-state index in [9.17, 15) is 9.59 Å². The highest BCUT2D eigenvalue weighted by atomic mass is 32.2. The number of carbonyl (C=O) groups excluding carboxylic acids is 2.